The minimum Gasteiger partial charge on any atom is -0.318 e. The normalized spacial score (nSPS) is 20.5. The van der Waals surface area contributed by atoms with Crippen LogP contribution in [0.2, 0.25) is 0 Å². The van der Waals surface area contributed by atoms with Crippen molar-refractivity contribution < 1.29 is 0 Å². The average molecular weight is 709 g/mol. The van der Waals surface area contributed by atoms with E-state index in [1.54, 1.807) is 0 Å². The van der Waals surface area contributed by atoms with Crippen molar-refractivity contribution in [1.82, 2.24) is 9.97 Å². The van der Waals surface area contributed by atoms with Gasteiger partial charge in [0, 0.05) is 34.5 Å². The molecule has 6 heteroatoms. The number of rotatable bonds is 2. The molecular weight excluding hydrogens is 673 g/mol. The van der Waals surface area contributed by atoms with E-state index in [0.29, 0.717) is 0 Å². The van der Waals surface area contributed by atoms with E-state index in [9.17, 15) is 0 Å². The quantitative estimate of drug-likeness (QED) is 0.178. The Morgan fingerprint density at radius 2 is 0.964 bits per heavy atom. The average Bonchev–Trinajstić information content (AvgIpc) is 3.74. The number of para-hydroxylation sites is 6. The van der Waals surface area contributed by atoms with Gasteiger partial charge in [0.25, 0.3) is 0 Å². The molecule has 8 aromatic rings. The summed E-state index contributed by atoms with van der Waals surface area (Å²) in [5, 5.41) is 2.45. The number of aromatic nitrogens is 2. The van der Waals surface area contributed by atoms with E-state index in [4.69, 9.17) is 16.5 Å². The highest BCUT2D eigenvalue weighted by Crippen LogP contribution is 2.63. The predicted octanol–water partition coefficient (Wildman–Crippen LogP) is 11.8. The number of hydrogen-bond acceptors (Lipinski definition) is 6. The fourth-order valence-electron chi connectivity index (χ4n) is 10.0. The second kappa shape index (κ2) is 11.5. The Morgan fingerprint density at radius 1 is 0.455 bits per heavy atom. The van der Waals surface area contributed by atoms with Crippen LogP contribution in [-0.2, 0) is 0 Å². The van der Waals surface area contributed by atoms with Crippen molar-refractivity contribution in [1.29, 1.82) is 0 Å². The molecule has 7 aromatic carbocycles. The second-order valence-corrected chi connectivity index (χ2v) is 15.1. The molecule has 0 saturated heterocycles. The summed E-state index contributed by atoms with van der Waals surface area (Å²) < 4.78 is 0. The van der Waals surface area contributed by atoms with E-state index in [2.05, 4.69) is 189 Å². The van der Waals surface area contributed by atoms with Crippen LogP contribution in [0.3, 0.4) is 0 Å². The van der Waals surface area contributed by atoms with E-state index < -0.39 is 0 Å². The minimum absolute atomic E-state index is 0.00459. The maximum atomic E-state index is 5.46. The van der Waals surface area contributed by atoms with Gasteiger partial charge in [0.05, 0.1) is 28.1 Å². The molecule has 4 aliphatic heterocycles. The van der Waals surface area contributed by atoms with Crippen molar-refractivity contribution in [2.24, 2.45) is 5.92 Å². The van der Waals surface area contributed by atoms with Gasteiger partial charge in [0.2, 0.25) is 0 Å². The summed E-state index contributed by atoms with van der Waals surface area (Å²) in [7, 11) is 0. The fourth-order valence-corrected chi connectivity index (χ4v) is 10.0. The third kappa shape index (κ3) is 4.30. The SMILES string of the molecule is C=C1CC2c3ccccc3N3c4nc5ccccc5nc4N(c4ccccc4)C3C2C2N(c3ccccc3)c3cc4ccccc4cc3N2c2ccccc21. The monoisotopic (exact) mass is 708 g/mol. The summed E-state index contributed by atoms with van der Waals surface area (Å²) in [5.41, 5.74) is 12.5. The molecule has 0 aliphatic carbocycles. The number of hydrogen-bond donors (Lipinski definition) is 0. The van der Waals surface area contributed by atoms with Crippen LogP contribution in [0.1, 0.15) is 23.5 Å². The molecule has 5 heterocycles. The number of anilines is 8. The molecule has 4 aliphatic rings. The predicted molar refractivity (Wildman–Crippen MR) is 225 cm³/mol. The second-order valence-electron chi connectivity index (χ2n) is 15.1. The van der Waals surface area contributed by atoms with E-state index in [1.807, 2.05) is 0 Å². The maximum absolute atomic E-state index is 5.46. The lowest BCUT2D eigenvalue weighted by atomic mass is 9.71. The van der Waals surface area contributed by atoms with Crippen molar-refractivity contribution in [3.05, 3.63) is 188 Å². The number of nitrogens with zero attached hydrogens (tertiary/aromatic N) is 6. The molecule has 0 N–H and O–H groups in total. The largest absolute Gasteiger partial charge is 0.318 e. The molecule has 0 radical (unpaired) electrons. The number of allylic oxidation sites excluding steroid dienone is 1. The van der Waals surface area contributed by atoms with E-state index in [-0.39, 0.29) is 24.2 Å². The van der Waals surface area contributed by atoms with Gasteiger partial charge in [-0.2, -0.15) is 0 Å². The lowest BCUT2D eigenvalue weighted by molar-refractivity contribution is 0.290. The lowest BCUT2D eigenvalue weighted by Gasteiger charge is -2.53. The third-order valence-corrected chi connectivity index (χ3v) is 12.2. The molecule has 0 spiro atoms. The molecule has 0 saturated carbocycles. The third-order valence-electron chi connectivity index (χ3n) is 12.2. The summed E-state index contributed by atoms with van der Waals surface area (Å²) >= 11 is 0. The zero-order chi connectivity index (χ0) is 36.2. The standard InChI is InChI=1S/C49H36N6/c1-31-28-38-37-23-11-15-27-42(37)55-47-46(50-39-24-12-13-25-40(39)51-47)53(35-20-6-3-7-21-35)49(55)45(38)48-52(34-18-4-2-5-19-34)43-29-32-16-8-9-17-33(32)30-44(43)54(48)41-26-14-10-22-36(31)41/h2-27,29-30,38,45,48-49H,1,28H2. The molecular formula is C49H36N6. The van der Waals surface area contributed by atoms with Gasteiger partial charge in [0.1, 0.15) is 12.3 Å². The van der Waals surface area contributed by atoms with Crippen molar-refractivity contribution in [3.63, 3.8) is 0 Å². The van der Waals surface area contributed by atoms with E-state index in [1.165, 1.54) is 44.6 Å². The van der Waals surface area contributed by atoms with E-state index >= 15 is 0 Å². The van der Waals surface area contributed by atoms with Crippen LogP contribution < -0.4 is 19.6 Å². The zero-order valence-electron chi connectivity index (χ0n) is 30.1. The molecule has 0 bridgehead atoms. The zero-order valence-corrected chi connectivity index (χ0v) is 30.1. The Balaban J connectivity index is 1.21. The summed E-state index contributed by atoms with van der Waals surface area (Å²) in [5.74, 6) is 1.87. The number of fused-ring (bicyclic) bond motifs is 16. The molecule has 4 unspecified atom stereocenters. The van der Waals surface area contributed by atoms with E-state index in [0.717, 1.165) is 46.0 Å². The Morgan fingerprint density at radius 3 is 1.65 bits per heavy atom. The van der Waals surface area contributed by atoms with Gasteiger partial charge in [-0.05, 0) is 89.0 Å². The van der Waals surface area contributed by atoms with Gasteiger partial charge in [-0.3, -0.25) is 0 Å². The van der Waals surface area contributed by atoms with Crippen LogP contribution in [0.5, 0.6) is 0 Å². The highest BCUT2D eigenvalue weighted by Gasteiger charge is 2.59. The van der Waals surface area contributed by atoms with Crippen molar-refractivity contribution in [2.45, 2.75) is 24.7 Å². The van der Waals surface area contributed by atoms with Crippen LogP contribution >= 0.6 is 0 Å². The van der Waals surface area contributed by atoms with Crippen LogP contribution in [-0.4, -0.2) is 22.3 Å². The van der Waals surface area contributed by atoms with Crippen molar-refractivity contribution in [2.75, 3.05) is 19.6 Å². The molecule has 4 atom stereocenters. The Hall–Kier alpha value is -6.92. The van der Waals surface area contributed by atoms with Crippen LogP contribution in [0.4, 0.5) is 45.8 Å². The summed E-state index contributed by atoms with van der Waals surface area (Å²) in [4.78, 5) is 21.2. The lowest BCUT2D eigenvalue weighted by Crippen LogP contribution is -2.60. The van der Waals surface area contributed by atoms with Crippen molar-refractivity contribution >= 4 is 73.1 Å². The Kier molecular flexibility index (Phi) is 6.41. The molecule has 12 rings (SSSR count). The summed E-state index contributed by atoms with van der Waals surface area (Å²) in [6.07, 6.45) is 0.509. The molecule has 0 fully saturated rings. The maximum Gasteiger partial charge on any atom is 0.179 e. The molecule has 0 amide bonds. The Bertz CT molecular complexity index is 2840. The van der Waals surface area contributed by atoms with Crippen LogP contribution in [0, 0.1) is 5.92 Å². The van der Waals surface area contributed by atoms with Gasteiger partial charge < -0.3 is 19.6 Å². The first-order valence-corrected chi connectivity index (χ1v) is 19.2. The first-order chi connectivity index (χ1) is 27.2. The first kappa shape index (κ1) is 30.5. The molecule has 55 heavy (non-hydrogen) atoms. The summed E-state index contributed by atoms with van der Waals surface area (Å²) in [6.45, 7) is 4.87. The smallest absolute Gasteiger partial charge is 0.179 e. The summed E-state index contributed by atoms with van der Waals surface area (Å²) in [6, 6.07) is 61.5. The van der Waals surface area contributed by atoms with Crippen LogP contribution in [0.25, 0.3) is 27.4 Å². The molecule has 6 nitrogen and oxygen atoms in total. The van der Waals surface area contributed by atoms with Crippen LogP contribution in [0.15, 0.2) is 176 Å². The topological polar surface area (TPSA) is 38.7 Å². The number of benzene rings is 7. The van der Waals surface area contributed by atoms with Gasteiger partial charge in [-0.15, -0.1) is 0 Å². The highest BCUT2D eigenvalue weighted by atomic mass is 15.5. The van der Waals surface area contributed by atoms with Gasteiger partial charge in [-0.25, -0.2) is 9.97 Å². The minimum atomic E-state index is -0.172. The molecule has 262 valence electrons. The molecule has 1 aromatic heterocycles. The van der Waals surface area contributed by atoms with Gasteiger partial charge in [0.15, 0.2) is 11.6 Å². The Labute approximate surface area is 319 Å². The fraction of sp³-hybridized carbons (Fsp3) is 0.102. The highest BCUT2D eigenvalue weighted by molar-refractivity contribution is 6.01. The first-order valence-electron chi connectivity index (χ1n) is 19.2. The van der Waals surface area contributed by atoms with Gasteiger partial charge >= 0.3 is 0 Å². The van der Waals surface area contributed by atoms with Gasteiger partial charge in [-0.1, -0.05) is 116 Å². The van der Waals surface area contributed by atoms with Crippen molar-refractivity contribution in [3.8, 4) is 0 Å².